The summed E-state index contributed by atoms with van der Waals surface area (Å²) in [6, 6.07) is 3.71. The molecule has 1 aromatic carbocycles. The Morgan fingerprint density at radius 3 is 3.00 bits per heavy atom. The highest BCUT2D eigenvalue weighted by Crippen LogP contribution is 2.36. The van der Waals surface area contributed by atoms with Crippen LogP contribution in [0, 0.1) is 0 Å². The van der Waals surface area contributed by atoms with Crippen LogP contribution in [-0.2, 0) is 4.74 Å². The molecule has 0 radical (unpaired) electrons. The van der Waals surface area contributed by atoms with Crippen molar-refractivity contribution in [3.63, 3.8) is 0 Å². The van der Waals surface area contributed by atoms with Crippen LogP contribution in [0.25, 0.3) is 0 Å². The van der Waals surface area contributed by atoms with Crippen LogP contribution < -0.4 is 20.2 Å². The van der Waals surface area contributed by atoms with Crippen LogP contribution >= 0.6 is 28.1 Å². The van der Waals surface area contributed by atoms with Crippen molar-refractivity contribution in [1.29, 1.82) is 0 Å². The number of benzene rings is 1. The van der Waals surface area contributed by atoms with E-state index in [-0.39, 0.29) is 6.79 Å². The normalized spacial score (nSPS) is 12.6. The van der Waals surface area contributed by atoms with Crippen LogP contribution in [-0.4, -0.2) is 37.9 Å². The van der Waals surface area contributed by atoms with Crippen molar-refractivity contribution < 1.29 is 14.2 Å². The van der Waals surface area contributed by atoms with Crippen LogP contribution in [0.4, 0.5) is 0 Å². The summed E-state index contributed by atoms with van der Waals surface area (Å²) in [5, 5.41) is 7.64. The van der Waals surface area contributed by atoms with Gasteiger partial charge < -0.3 is 19.5 Å². The standard InChI is InChI=1S/C14H18BrN3O3S/c1-2-19-5-3-4-16-14(22)18-17-8-10-6-12-13(7-11(10)15)21-9-20-12/h6-8H,2-5,9H2,1H3,(H2,16,18,22)/b17-8-. The second kappa shape index (κ2) is 8.92. The van der Waals surface area contributed by atoms with E-state index in [2.05, 4.69) is 31.8 Å². The molecule has 0 bridgehead atoms. The average Bonchev–Trinajstić information content (AvgIpc) is 2.94. The zero-order chi connectivity index (χ0) is 15.8. The van der Waals surface area contributed by atoms with Crippen molar-refractivity contribution in [3.05, 3.63) is 22.2 Å². The lowest BCUT2D eigenvalue weighted by molar-refractivity contribution is 0.145. The summed E-state index contributed by atoms with van der Waals surface area (Å²) in [7, 11) is 0. The molecule has 0 atom stereocenters. The maximum atomic E-state index is 5.33. The molecule has 0 saturated heterocycles. The Morgan fingerprint density at radius 1 is 1.45 bits per heavy atom. The Kier molecular flexibility index (Phi) is 6.88. The van der Waals surface area contributed by atoms with E-state index in [0.717, 1.165) is 42.0 Å². The first-order valence-corrected chi connectivity index (χ1v) is 8.14. The Hall–Kier alpha value is -1.38. The minimum absolute atomic E-state index is 0.246. The first kappa shape index (κ1) is 17.0. The van der Waals surface area contributed by atoms with Gasteiger partial charge in [0.05, 0.1) is 6.21 Å². The highest BCUT2D eigenvalue weighted by molar-refractivity contribution is 9.10. The number of thiocarbonyl (C=S) groups is 1. The van der Waals surface area contributed by atoms with Gasteiger partial charge in [-0.05, 0) is 53.6 Å². The molecular weight excluding hydrogens is 370 g/mol. The van der Waals surface area contributed by atoms with E-state index < -0.39 is 0 Å². The maximum Gasteiger partial charge on any atom is 0.231 e. The largest absolute Gasteiger partial charge is 0.454 e. The number of nitrogens with zero attached hydrogens (tertiary/aromatic N) is 1. The molecule has 0 aromatic heterocycles. The first-order chi connectivity index (χ1) is 10.7. The summed E-state index contributed by atoms with van der Waals surface area (Å²) in [6.07, 6.45) is 2.56. The van der Waals surface area contributed by atoms with Crippen LogP contribution in [0.5, 0.6) is 11.5 Å². The molecule has 2 N–H and O–H groups in total. The van der Waals surface area contributed by atoms with Gasteiger partial charge >= 0.3 is 0 Å². The zero-order valence-corrected chi connectivity index (χ0v) is 14.6. The smallest absolute Gasteiger partial charge is 0.231 e. The minimum atomic E-state index is 0.246. The second-order valence-electron chi connectivity index (χ2n) is 4.40. The molecule has 0 spiro atoms. The molecule has 0 amide bonds. The monoisotopic (exact) mass is 387 g/mol. The van der Waals surface area contributed by atoms with Crippen LogP contribution in [0.15, 0.2) is 21.7 Å². The fourth-order valence-corrected chi connectivity index (χ4v) is 2.33. The summed E-state index contributed by atoms with van der Waals surface area (Å²) in [4.78, 5) is 0. The number of halogens is 1. The summed E-state index contributed by atoms with van der Waals surface area (Å²) in [5.74, 6) is 1.43. The quantitative estimate of drug-likeness (QED) is 0.324. The zero-order valence-electron chi connectivity index (χ0n) is 12.2. The van der Waals surface area contributed by atoms with Crippen molar-refractivity contribution >= 4 is 39.5 Å². The Bertz CT molecular complexity index is 554. The van der Waals surface area contributed by atoms with Gasteiger partial charge in [-0.3, -0.25) is 5.43 Å². The van der Waals surface area contributed by atoms with Gasteiger partial charge in [0, 0.05) is 29.8 Å². The highest BCUT2D eigenvalue weighted by Gasteiger charge is 2.15. The number of hydrogen-bond acceptors (Lipinski definition) is 5. The van der Waals surface area contributed by atoms with Gasteiger partial charge in [-0.25, -0.2) is 0 Å². The molecule has 0 fully saturated rings. The molecule has 0 aliphatic carbocycles. The van der Waals surface area contributed by atoms with Crippen molar-refractivity contribution in [3.8, 4) is 11.5 Å². The summed E-state index contributed by atoms with van der Waals surface area (Å²) in [6.45, 7) is 4.42. The van der Waals surface area contributed by atoms with E-state index in [0.29, 0.717) is 10.9 Å². The van der Waals surface area contributed by atoms with Crippen LogP contribution in [0.3, 0.4) is 0 Å². The molecule has 2 rings (SSSR count). The predicted octanol–water partition coefficient (Wildman–Crippen LogP) is 2.40. The first-order valence-electron chi connectivity index (χ1n) is 6.94. The molecule has 22 heavy (non-hydrogen) atoms. The summed E-state index contributed by atoms with van der Waals surface area (Å²) >= 11 is 8.59. The topological polar surface area (TPSA) is 64.1 Å². The van der Waals surface area contributed by atoms with Gasteiger partial charge in [0.15, 0.2) is 16.6 Å². The number of fused-ring (bicyclic) bond motifs is 1. The third-order valence-corrected chi connectivity index (χ3v) is 3.74. The lowest BCUT2D eigenvalue weighted by Crippen LogP contribution is -2.33. The molecule has 8 heteroatoms. The van der Waals surface area contributed by atoms with Gasteiger partial charge in [-0.1, -0.05) is 0 Å². The molecule has 6 nitrogen and oxygen atoms in total. The van der Waals surface area contributed by atoms with Gasteiger partial charge in [0.25, 0.3) is 0 Å². The Labute approximate surface area is 143 Å². The Balaban J connectivity index is 1.76. The predicted molar refractivity (Wildman–Crippen MR) is 92.7 cm³/mol. The molecule has 1 aliphatic rings. The van der Waals surface area contributed by atoms with Crippen molar-refractivity contribution in [2.45, 2.75) is 13.3 Å². The number of rotatable bonds is 7. The molecule has 0 saturated carbocycles. The molecular formula is C14H18BrN3O3S. The van der Waals surface area contributed by atoms with E-state index in [9.17, 15) is 0 Å². The summed E-state index contributed by atoms with van der Waals surface area (Å²) in [5.41, 5.74) is 3.64. The minimum Gasteiger partial charge on any atom is -0.454 e. The fourth-order valence-electron chi connectivity index (χ4n) is 1.75. The fraction of sp³-hybridized carbons (Fsp3) is 0.429. The lowest BCUT2D eigenvalue weighted by atomic mass is 10.2. The van der Waals surface area contributed by atoms with Gasteiger partial charge in [-0.15, -0.1) is 0 Å². The van der Waals surface area contributed by atoms with Gasteiger partial charge in [-0.2, -0.15) is 5.10 Å². The highest BCUT2D eigenvalue weighted by atomic mass is 79.9. The van der Waals surface area contributed by atoms with E-state index in [1.807, 2.05) is 19.1 Å². The van der Waals surface area contributed by atoms with Crippen molar-refractivity contribution in [1.82, 2.24) is 10.7 Å². The SMILES string of the molecule is CCOCCCNC(=S)N/N=C\c1cc2c(cc1Br)OCO2. The van der Waals surface area contributed by atoms with Crippen LogP contribution in [0.2, 0.25) is 0 Å². The van der Waals surface area contributed by atoms with Crippen molar-refractivity contribution in [2.75, 3.05) is 26.6 Å². The molecule has 0 unspecified atom stereocenters. The third kappa shape index (κ3) is 5.11. The second-order valence-corrected chi connectivity index (χ2v) is 5.67. The number of hydrogen-bond donors (Lipinski definition) is 2. The van der Waals surface area contributed by atoms with Crippen molar-refractivity contribution in [2.24, 2.45) is 5.10 Å². The number of hydrazone groups is 1. The number of nitrogens with one attached hydrogen (secondary N) is 2. The van der Waals surface area contributed by atoms with Gasteiger partial charge in [0.1, 0.15) is 0 Å². The van der Waals surface area contributed by atoms with E-state index >= 15 is 0 Å². The van der Waals surface area contributed by atoms with E-state index in [1.165, 1.54) is 0 Å². The van der Waals surface area contributed by atoms with Gasteiger partial charge in [0.2, 0.25) is 6.79 Å². The average molecular weight is 388 g/mol. The third-order valence-electron chi connectivity index (χ3n) is 2.82. The molecule has 120 valence electrons. The number of ether oxygens (including phenoxy) is 3. The molecule has 1 aromatic rings. The maximum absolute atomic E-state index is 5.33. The van der Waals surface area contributed by atoms with E-state index in [1.54, 1.807) is 6.21 Å². The van der Waals surface area contributed by atoms with Crippen LogP contribution in [0.1, 0.15) is 18.9 Å². The Morgan fingerprint density at radius 2 is 2.23 bits per heavy atom. The van der Waals surface area contributed by atoms with E-state index in [4.69, 9.17) is 26.4 Å². The summed E-state index contributed by atoms with van der Waals surface area (Å²) < 4.78 is 16.7. The lowest BCUT2D eigenvalue weighted by Gasteiger charge is -2.07. The molecule has 1 aliphatic heterocycles. The molecule has 1 heterocycles.